The monoisotopic (exact) mass is 961 g/mol. The first-order valence-electron chi connectivity index (χ1n) is 25.8. The lowest BCUT2D eigenvalue weighted by Crippen LogP contribution is -2.34. The molecular weight excluding hydrogens is 915 g/mol. The SMILES string of the molecule is C1=CC(c2ccccc2)Cc2c1c1c(-c3cccc4c3c3ccccc3n4-c3ccccc3C3N=C(c4ccc(-c5ccccc5)cc4)N=C(c4ccc5oc6ccccc6c5c4)N3)cccc1n2-c1ccccc1. The van der Waals surface area contributed by atoms with E-state index in [1.165, 1.54) is 55.3 Å². The molecule has 0 radical (unpaired) electrons. The molecule has 354 valence electrons. The number of benzene rings is 10. The summed E-state index contributed by atoms with van der Waals surface area (Å²) in [6, 6.07) is 86.7. The molecule has 6 heteroatoms. The Kier molecular flexibility index (Phi) is 9.98. The predicted molar refractivity (Wildman–Crippen MR) is 310 cm³/mol. The Morgan fingerprint density at radius 3 is 1.89 bits per heavy atom. The second kappa shape index (κ2) is 17.5. The third-order valence-corrected chi connectivity index (χ3v) is 15.4. The number of aromatic nitrogens is 2. The average Bonchev–Trinajstić information content (AvgIpc) is 4.24. The topological polar surface area (TPSA) is 59.8 Å². The van der Waals surface area contributed by atoms with Gasteiger partial charge in [0.15, 0.2) is 5.84 Å². The van der Waals surface area contributed by atoms with E-state index < -0.39 is 6.17 Å². The predicted octanol–water partition coefficient (Wildman–Crippen LogP) is 16.8. The molecule has 0 fully saturated rings. The highest BCUT2D eigenvalue weighted by molar-refractivity contribution is 6.19. The molecule has 0 saturated carbocycles. The highest BCUT2D eigenvalue weighted by Crippen LogP contribution is 2.46. The summed E-state index contributed by atoms with van der Waals surface area (Å²) in [6.07, 6.45) is 5.21. The first-order valence-corrected chi connectivity index (χ1v) is 25.8. The summed E-state index contributed by atoms with van der Waals surface area (Å²) in [7, 11) is 0. The molecule has 0 saturated heterocycles. The van der Waals surface area contributed by atoms with Crippen LogP contribution in [0.5, 0.6) is 0 Å². The Morgan fingerprint density at radius 2 is 1.08 bits per heavy atom. The fraction of sp³-hybridized carbons (Fsp3) is 0.0435. The van der Waals surface area contributed by atoms with Crippen LogP contribution >= 0.6 is 0 Å². The number of hydrogen-bond acceptors (Lipinski definition) is 4. The van der Waals surface area contributed by atoms with Crippen molar-refractivity contribution in [3.05, 3.63) is 282 Å². The van der Waals surface area contributed by atoms with Crippen LogP contribution in [0.2, 0.25) is 0 Å². The van der Waals surface area contributed by atoms with Crippen LogP contribution in [-0.2, 0) is 6.42 Å². The van der Waals surface area contributed by atoms with Crippen molar-refractivity contribution in [3.63, 3.8) is 0 Å². The minimum Gasteiger partial charge on any atom is -0.456 e. The lowest BCUT2D eigenvalue weighted by Gasteiger charge is -2.26. The molecule has 6 nitrogen and oxygen atoms in total. The molecule has 2 unspecified atom stereocenters. The molecule has 1 N–H and O–H groups in total. The van der Waals surface area contributed by atoms with E-state index in [1.807, 2.05) is 18.2 Å². The van der Waals surface area contributed by atoms with Crippen molar-refractivity contribution >= 4 is 72.4 Å². The molecule has 13 aromatic rings. The van der Waals surface area contributed by atoms with Gasteiger partial charge in [0.05, 0.1) is 22.2 Å². The lowest BCUT2D eigenvalue weighted by molar-refractivity contribution is 0.668. The zero-order chi connectivity index (χ0) is 49.4. The lowest BCUT2D eigenvalue weighted by atomic mass is 9.86. The maximum atomic E-state index is 6.28. The molecule has 15 rings (SSSR count). The number of furan rings is 1. The Morgan fingerprint density at radius 1 is 0.467 bits per heavy atom. The van der Waals surface area contributed by atoms with Crippen LogP contribution in [0, 0.1) is 0 Å². The highest BCUT2D eigenvalue weighted by atomic mass is 16.3. The molecule has 0 bridgehead atoms. The summed E-state index contributed by atoms with van der Waals surface area (Å²) < 4.78 is 11.2. The molecule has 2 atom stereocenters. The molecule has 0 amide bonds. The second-order valence-corrected chi connectivity index (χ2v) is 19.6. The van der Waals surface area contributed by atoms with Gasteiger partial charge in [-0.15, -0.1) is 0 Å². The van der Waals surface area contributed by atoms with Gasteiger partial charge in [-0.1, -0.05) is 194 Å². The Balaban J connectivity index is 0.901. The molecule has 10 aromatic carbocycles. The first kappa shape index (κ1) is 42.9. The summed E-state index contributed by atoms with van der Waals surface area (Å²) in [5.74, 6) is 1.68. The van der Waals surface area contributed by atoms with Gasteiger partial charge in [-0.05, 0) is 94.9 Å². The zero-order valence-corrected chi connectivity index (χ0v) is 40.8. The van der Waals surface area contributed by atoms with Crippen molar-refractivity contribution in [1.82, 2.24) is 14.5 Å². The van der Waals surface area contributed by atoms with E-state index in [9.17, 15) is 0 Å². The number of fused-ring (bicyclic) bond motifs is 9. The van der Waals surface area contributed by atoms with Crippen molar-refractivity contribution in [2.24, 2.45) is 9.98 Å². The molecule has 0 spiro atoms. The fourth-order valence-corrected chi connectivity index (χ4v) is 11.9. The summed E-state index contributed by atoms with van der Waals surface area (Å²) in [5.41, 5.74) is 18.9. The number of allylic oxidation sites excluding steroid dienone is 1. The smallest absolute Gasteiger partial charge is 0.159 e. The van der Waals surface area contributed by atoms with Crippen LogP contribution in [0.15, 0.2) is 263 Å². The van der Waals surface area contributed by atoms with Gasteiger partial charge in [-0.3, -0.25) is 0 Å². The van der Waals surface area contributed by atoms with E-state index >= 15 is 0 Å². The van der Waals surface area contributed by atoms with Gasteiger partial charge in [0.2, 0.25) is 0 Å². The highest BCUT2D eigenvalue weighted by Gasteiger charge is 2.29. The van der Waals surface area contributed by atoms with E-state index in [1.54, 1.807) is 0 Å². The van der Waals surface area contributed by atoms with Crippen molar-refractivity contribution in [2.75, 3.05) is 0 Å². The van der Waals surface area contributed by atoms with Gasteiger partial charge in [-0.2, -0.15) is 0 Å². The standard InChI is InChI=1S/C69H47N5O/c1-4-18-44(19-5-1)46-34-36-47(37-35-46)67-70-68(49-39-41-64-57(42-49)51-24-12-15-33-63(51)75-64)72-69(71-67)56-26-11-14-30-59(56)74-58-29-13-10-25-54(58)65-52(28-17-32-61(65)74)53-27-16-31-60-66(53)55-40-38-48(45-20-6-2-7-21-45)43-62(55)73(60)50-22-8-3-9-23-50/h1-42,48,69H,43H2,(H,70,71,72). The van der Waals surface area contributed by atoms with Gasteiger partial charge in [0, 0.05) is 66.5 Å². The van der Waals surface area contributed by atoms with E-state index in [-0.39, 0.29) is 5.92 Å². The Hall–Kier alpha value is -9.78. The summed E-state index contributed by atoms with van der Waals surface area (Å²) in [6.45, 7) is 0. The summed E-state index contributed by atoms with van der Waals surface area (Å²) in [5, 5.41) is 9.63. The second-order valence-electron chi connectivity index (χ2n) is 19.6. The van der Waals surface area contributed by atoms with E-state index in [0.717, 1.165) is 78.7 Å². The Bertz CT molecular complexity index is 4460. The number of aliphatic imine (C=N–C) groups is 2. The minimum absolute atomic E-state index is 0.275. The maximum absolute atomic E-state index is 6.28. The van der Waals surface area contributed by atoms with E-state index in [0.29, 0.717) is 5.84 Å². The normalized spacial score (nSPS) is 15.4. The summed E-state index contributed by atoms with van der Waals surface area (Å²) in [4.78, 5) is 10.8. The molecule has 4 heterocycles. The number of amidine groups is 2. The maximum Gasteiger partial charge on any atom is 0.159 e. The molecule has 1 aliphatic heterocycles. The van der Waals surface area contributed by atoms with E-state index in [2.05, 4.69) is 251 Å². The zero-order valence-electron chi connectivity index (χ0n) is 40.8. The van der Waals surface area contributed by atoms with Crippen molar-refractivity contribution in [1.29, 1.82) is 0 Å². The van der Waals surface area contributed by atoms with Crippen molar-refractivity contribution in [3.8, 4) is 33.6 Å². The van der Waals surface area contributed by atoms with Crippen LogP contribution in [0.1, 0.15) is 45.6 Å². The molecular formula is C69H47N5O. The fourth-order valence-electron chi connectivity index (χ4n) is 11.9. The van der Waals surface area contributed by atoms with Crippen LogP contribution in [0.25, 0.3) is 94.4 Å². The molecule has 1 aliphatic carbocycles. The number of hydrogen-bond donors (Lipinski definition) is 1. The number of rotatable bonds is 8. The largest absolute Gasteiger partial charge is 0.456 e. The minimum atomic E-state index is -0.488. The quantitative estimate of drug-likeness (QED) is 0.165. The van der Waals surface area contributed by atoms with Crippen LogP contribution in [-0.4, -0.2) is 20.8 Å². The summed E-state index contributed by atoms with van der Waals surface area (Å²) >= 11 is 0. The van der Waals surface area contributed by atoms with Gasteiger partial charge >= 0.3 is 0 Å². The van der Waals surface area contributed by atoms with Crippen LogP contribution in [0.3, 0.4) is 0 Å². The molecule has 75 heavy (non-hydrogen) atoms. The van der Waals surface area contributed by atoms with Gasteiger partial charge in [0.1, 0.15) is 23.2 Å². The molecule has 2 aliphatic rings. The van der Waals surface area contributed by atoms with Gasteiger partial charge in [0.25, 0.3) is 0 Å². The first-order chi connectivity index (χ1) is 37.2. The number of para-hydroxylation sites is 4. The van der Waals surface area contributed by atoms with Crippen LogP contribution < -0.4 is 5.32 Å². The third kappa shape index (κ3) is 7.09. The van der Waals surface area contributed by atoms with Gasteiger partial charge < -0.3 is 18.9 Å². The average molecular weight is 962 g/mol. The van der Waals surface area contributed by atoms with E-state index in [4.69, 9.17) is 14.4 Å². The number of nitrogens with one attached hydrogen (secondary N) is 1. The molecule has 3 aromatic heterocycles. The van der Waals surface area contributed by atoms with Gasteiger partial charge in [-0.25, -0.2) is 9.98 Å². The Labute approximate surface area is 433 Å². The third-order valence-electron chi connectivity index (χ3n) is 15.4. The number of nitrogens with zero attached hydrogens (tertiary/aromatic N) is 4. The van der Waals surface area contributed by atoms with Crippen molar-refractivity contribution < 1.29 is 4.42 Å². The van der Waals surface area contributed by atoms with Crippen LogP contribution in [0.4, 0.5) is 0 Å². The van der Waals surface area contributed by atoms with Crippen molar-refractivity contribution in [2.45, 2.75) is 18.5 Å².